The predicted octanol–water partition coefficient (Wildman–Crippen LogP) is 4.62. The zero-order valence-electron chi connectivity index (χ0n) is 16.6. The summed E-state index contributed by atoms with van der Waals surface area (Å²) in [6.45, 7) is 4.61. The van der Waals surface area contributed by atoms with Gasteiger partial charge in [-0.15, -0.1) is 0 Å². The molecule has 2 aromatic rings. The average Bonchev–Trinajstić information content (AvgIpc) is 2.72. The number of carbonyl (C=O) groups excluding carboxylic acids is 2. The summed E-state index contributed by atoms with van der Waals surface area (Å²) in [7, 11) is 1.87. The minimum absolute atomic E-state index is 0.307. The Hall–Kier alpha value is -3.15. The van der Waals surface area contributed by atoms with Crippen LogP contribution >= 0.6 is 0 Å². The highest BCUT2D eigenvalue weighted by Gasteiger charge is 2.08. The second-order valence-electron chi connectivity index (χ2n) is 6.16. The van der Waals surface area contributed by atoms with Gasteiger partial charge in [0.15, 0.2) is 0 Å². The number of nitrogens with zero attached hydrogens (tertiary/aromatic N) is 2. The van der Waals surface area contributed by atoms with Gasteiger partial charge in [0.1, 0.15) is 0 Å². The van der Waals surface area contributed by atoms with Crippen LogP contribution in [0.2, 0.25) is 0 Å². The summed E-state index contributed by atoms with van der Waals surface area (Å²) < 4.78 is 10.2. The zero-order chi connectivity index (χ0) is 20.4. The molecule has 0 aliphatic rings. The third-order valence-electron chi connectivity index (χ3n) is 4.00. The van der Waals surface area contributed by atoms with Crippen LogP contribution < -0.4 is 4.90 Å². The molecule has 0 radical (unpaired) electrons. The number of hydrogen-bond donors (Lipinski definition) is 0. The number of carbonyl (C=O) groups is 2. The van der Waals surface area contributed by atoms with Crippen molar-refractivity contribution in [3.63, 3.8) is 0 Å². The van der Waals surface area contributed by atoms with E-state index in [2.05, 4.69) is 11.9 Å². The molecule has 28 heavy (non-hydrogen) atoms. The van der Waals surface area contributed by atoms with Crippen LogP contribution in [0.1, 0.15) is 47.4 Å². The molecule has 0 aromatic heterocycles. The highest BCUT2D eigenvalue weighted by molar-refractivity contribution is 5.91. The Bertz CT molecular complexity index is 798. The lowest BCUT2D eigenvalue weighted by Gasteiger charge is -2.13. The van der Waals surface area contributed by atoms with Gasteiger partial charge in [0.05, 0.1) is 36.4 Å². The van der Waals surface area contributed by atoms with Crippen LogP contribution in [0.5, 0.6) is 0 Å². The summed E-state index contributed by atoms with van der Waals surface area (Å²) in [5.74, 6) is -0.651. The summed E-state index contributed by atoms with van der Waals surface area (Å²) in [4.78, 5) is 29.8. The molecule has 2 aromatic carbocycles. The first-order chi connectivity index (χ1) is 13.5. The zero-order valence-corrected chi connectivity index (χ0v) is 16.6. The number of esters is 2. The summed E-state index contributed by atoms with van der Waals surface area (Å²) >= 11 is 0. The molecule has 2 rings (SSSR count). The standard InChI is InChI=1S/C22H26N2O4/c1-4-6-15-28-22(26)18-9-13-20(14-10-18)24(3)16-23-19-11-7-17(8-12-19)21(25)27-5-2/h7-14,16H,4-6,15H2,1-3H3. The fourth-order valence-corrected chi connectivity index (χ4v) is 2.34. The van der Waals surface area contributed by atoms with Crippen LogP contribution in [0.25, 0.3) is 0 Å². The molecule has 148 valence electrons. The maximum atomic E-state index is 11.9. The minimum Gasteiger partial charge on any atom is -0.462 e. The molecule has 6 nitrogen and oxygen atoms in total. The molecule has 0 saturated heterocycles. The fraction of sp³-hybridized carbons (Fsp3) is 0.318. The maximum Gasteiger partial charge on any atom is 0.338 e. The van der Waals surface area contributed by atoms with Gasteiger partial charge in [0.25, 0.3) is 0 Å². The molecule has 0 bridgehead atoms. The second-order valence-corrected chi connectivity index (χ2v) is 6.16. The summed E-state index contributed by atoms with van der Waals surface area (Å²) in [6.07, 6.45) is 3.53. The first-order valence-electron chi connectivity index (χ1n) is 9.36. The van der Waals surface area contributed by atoms with E-state index < -0.39 is 0 Å². The highest BCUT2D eigenvalue weighted by Crippen LogP contribution is 2.16. The average molecular weight is 382 g/mol. The lowest BCUT2D eigenvalue weighted by Crippen LogP contribution is -2.14. The van der Waals surface area contributed by atoms with E-state index in [-0.39, 0.29) is 11.9 Å². The topological polar surface area (TPSA) is 68.2 Å². The van der Waals surface area contributed by atoms with E-state index in [1.165, 1.54) is 0 Å². The molecule has 0 aliphatic heterocycles. The van der Waals surface area contributed by atoms with Gasteiger partial charge >= 0.3 is 11.9 Å². The van der Waals surface area contributed by atoms with Gasteiger partial charge in [-0.05, 0) is 61.9 Å². The van der Waals surface area contributed by atoms with Crippen molar-refractivity contribution in [1.29, 1.82) is 0 Å². The van der Waals surface area contributed by atoms with Crippen LogP contribution in [-0.4, -0.2) is 38.5 Å². The SMILES string of the molecule is CCCCOC(=O)c1ccc(N(C)C=Nc2ccc(C(=O)OCC)cc2)cc1. The van der Waals surface area contributed by atoms with Crippen molar-refractivity contribution in [3.8, 4) is 0 Å². The molecule has 0 amide bonds. The molecule has 0 aliphatic carbocycles. The molecule has 0 unspecified atom stereocenters. The Morgan fingerprint density at radius 2 is 1.50 bits per heavy atom. The van der Waals surface area contributed by atoms with Gasteiger partial charge < -0.3 is 14.4 Å². The first-order valence-corrected chi connectivity index (χ1v) is 9.36. The van der Waals surface area contributed by atoms with Gasteiger partial charge in [0.2, 0.25) is 0 Å². The third kappa shape index (κ3) is 6.23. The molecule has 0 fully saturated rings. The van der Waals surface area contributed by atoms with Gasteiger partial charge in [-0.1, -0.05) is 13.3 Å². The van der Waals surface area contributed by atoms with Crippen molar-refractivity contribution >= 4 is 29.7 Å². The summed E-state index contributed by atoms with van der Waals surface area (Å²) in [5.41, 5.74) is 2.63. The highest BCUT2D eigenvalue weighted by atomic mass is 16.5. The molecule has 0 N–H and O–H groups in total. The van der Waals surface area contributed by atoms with Crippen molar-refractivity contribution < 1.29 is 19.1 Å². The number of unbranched alkanes of at least 4 members (excludes halogenated alkanes) is 1. The molecule has 0 atom stereocenters. The molecule has 6 heteroatoms. The minimum atomic E-state index is -0.344. The van der Waals surface area contributed by atoms with E-state index >= 15 is 0 Å². The van der Waals surface area contributed by atoms with E-state index in [4.69, 9.17) is 9.47 Å². The van der Waals surface area contributed by atoms with Gasteiger partial charge in [-0.25, -0.2) is 14.6 Å². The number of hydrogen-bond acceptors (Lipinski definition) is 5. The van der Waals surface area contributed by atoms with Gasteiger partial charge in [-0.2, -0.15) is 0 Å². The van der Waals surface area contributed by atoms with Crippen LogP contribution in [0.4, 0.5) is 11.4 Å². The van der Waals surface area contributed by atoms with E-state index in [9.17, 15) is 9.59 Å². The van der Waals surface area contributed by atoms with E-state index in [1.54, 1.807) is 49.7 Å². The molecular weight excluding hydrogens is 356 g/mol. The number of rotatable bonds is 9. The molecule has 0 spiro atoms. The smallest absolute Gasteiger partial charge is 0.338 e. The van der Waals surface area contributed by atoms with E-state index in [0.29, 0.717) is 24.3 Å². The van der Waals surface area contributed by atoms with Crippen molar-refractivity contribution in [3.05, 3.63) is 59.7 Å². The largest absolute Gasteiger partial charge is 0.462 e. The normalized spacial score (nSPS) is 10.7. The van der Waals surface area contributed by atoms with Crippen LogP contribution in [0.3, 0.4) is 0 Å². The predicted molar refractivity (Wildman–Crippen MR) is 111 cm³/mol. The van der Waals surface area contributed by atoms with Crippen molar-refractivity contribution in [2.24, 2.45) is 4.99 Å². The second kappa shape index (κ2) is 10.9. The van der Waals surface area contributed by atoms with E-state index in [0.717, 1.165) is 24.2 Å². The number of ether oxygens (including phenoxy) is 2. The van der Waals surface area contributed by atoms with Crippen molar-refractivity contribution in [2.75, 3.05) is 25.2 Å². The van der Waals surface area contributed by atoms with E-state index in [1.807, 2.05) is 24.1 Å². The Balaban J connectivity index is 1.95. The molecular formula is C22H26N2O4. The molecule has 0 saturated carbocycles. The van der Waals surface area contributed by atoms with Gasteiger partial charge in [-0.3, -0.25) is 0 Å². The monoisotopic (exact) mass is 382 g/mol. The van der Waals surface area contributed by atoms with Gasteiger partial charge in [0, 0.05) is 12.7 Å². The van der Waals surface area contributed by atoms with Crippen LogP contribution in [0.15, 0.2) is 53.5 Å². The molecule has 0 heterocycles. The Kier molecular flexibility index (Phi) is 8.21. The summed E-state index contributed by atoms with van der Waals surface area (Å²) in [6, 6.07) is 14.0. The number of aliphatic imine (C=N–C) groups is 1. The van der Waals surface area contributed by atoms with Crippen LogP contribution in [-0.2, 0) is 9.47 Å². The lowest BCUT2D eigenvalue weighted by atomic mass is 10.2. The summed E-state index contributed by atoms with van der Waals surface area (Å²) in [5, 5.41) is 0. The van der Waals surface area contributed by atoms with Crippen molar-refractivity contribution in [2.45, 2.75) is 26.7 Å². The maximum absolute atomic E-state index is 11.9. The number of benzene rings is 2. The fourth-order valence-electron chi connectivity index (χ4n) is 2.34. The Morgan fingerprint density at radius 1 is 0.929 bits per heavy atom. The Labute approximate surface area is 165 Å². The van der Waals surface area contributed by atoms with Crippen molar-refractivity contribution in [1.82, 2.24) is 0 Å². The van der Waals surface area contributed by atoms with Crippen LogP contribution in [0, 0.1) is 0 Å². The third-order valence-corrected chi connectivity index (χ3v) is 4.00. The quantitative estimate of drug-likeness (QED) is 0.274. The lowest BCUT2D eigenvalue weighted by molar-refractivity contribution is 0.0496. The number of anilines is 1. The first kappa shape index (κ1) is 21.2. The Morgan fingerprint density at radius 3 is 2.07 bits per heavy atom.